The largest absolute Gasteiger partial charge is 0.323 e. The van der Waals surface area contributed by atoms with Crippen molar-refractivity contribution in [1.82, 2.24) is 9.78 Å². The Bertz CT molecular complexity index is 750. The molecule has 3 rings (SSSR count). The number of hydrogen-bond donors (Lipinski definition) is 1. The number of aryl methyl sites for hydroxylation is 1. The maximum atomic E-state index is 12.6. The van der Waals surface area contributed by atoms with Gasteiger partial charge in [0, 0.05) is 26.2 Å². The monoisotopic (exact) mass is 298 g/mol. The summed E-state index contributed by atoms with van der Waals surface area (Å²) in [6.07, 6.45) is 1.80. The van der Waals surface area contributed by atoms with E-state index in [4.69, 9.17) is 0 Å². The van der Waals surface area contributed by atoms with Crippen LogP contribution in [0.25, 0.3) is 0 Å². The number of anilines is 2. The minimum absolute atomic E-state index is 0.0539. The highest BCUT2D eigenvalue weighted by atomic mass is 16.2. The van der Waals surface area contributed by atoms with Crippen molar-refractivity contribution in [1.29, 1.82) is 0 Å². The molecule has 0 radical (unpaired) electrons. The summed E-state index contributed by atoms with van der Waals surface area (Å²) in [6.45, 7) is 1.89. The zero-order valence-electron chi connectivity index (χ0n) is 12.8. The van der Waals surface area contributed by atoms with Crippen molar-refractivity contribution in [2.24, 2.45) is 7.05 Å². The third-order valence-corrected chi connectivity index (χ3v) is 4.24. The Morgan fingerprint density at radius 3 is 2.73 bits per heavy atom. The molecule has 0 aliphatic carbocycles. The molecular formula is C16H18N4O2. The van der Waals surface area contributed by atoms with Crippen LogP contribution in [0.3, 0.4) is 0 Å². The van der Waals surface area contributed by atoms with Gasteiger partial charge in [0.05, 0.1) is 23.5 Å². The van der Waals surface area contributed by atoms with Crippen LogP contribution in [0.15, 0.2) is 30.5 Å². The van der Waals surface area contributed by atoms with Gasteiger partial charge >= 0.3 is 0 Å². The second-order valence-corrected chi connectivity index (χ2v) is 5.52. The van der Waals surface area contributed by atoms with Gasteiger partial charge in [0.2, 0.25) is 11.8 Å². The molecular weight excluding hydrogens is 280 g/mol. The summed E-state index contributed by atoms with van der Waals surface area (Å²) in [4.78, 5) is 26.4. The molecule has 1 aliphatic heterocycles. The second kappa shape index (κ2) is 5.29. The molecule has 2 heterocycles. The van der Waals surface area contributed by atoms with E-state index in [1.165, 1.54) is 0 Å². The number of carbonyl (C=O) groups excluding carboxylic acids is 2. The van der Waals surface area contributed by atoms with Gasteiger partial charge in [-0.15, -0.1) is 0 Å². The van der Waals surface area contributed by atoms with Gasteiger partial charge in [-0.1, -0.05) is 18.2 Å². The van der Waals surface area contributed by atoms with Gasteiger partial charge in [-0.05, 0) is 18.6 Å². The summed E-state index contributed by atoms with van der Waals surface area (Å²) >= 11 is 0. The standard InChI is InChI=1S/C16H18N4O2/c1-10-13(9-17-20(10)3)18-16(22)12-8-15(21)19(2)14-7-5-4-6-11(12)14/h4-7,9,12H,8H2,1-3H3,(H,18,22). The van der Waals surface area contributed by atoms with Gasteiger partial charge in [-0.25, -0.2) is 0 Å². The van der Waals surface area contributed by atoms with Crippen molar-refractivity contribution in [2.75, 3.05) is 17.3 Å². The van der Waals surface area contributed by atoms with Gasteiger partial charge in [0.1, 0.15) is 0 Å². The molecule has 1 aromatic heterocycles. The van der Waals surface area contributed by atoms with Crippen LogP contribution in [0.2, 0.25) is 0 Å². The van der Waals surface area contributed by atoms with E-state index >= 15 is 0 Å². The van der Waals surface area contributed by atoms with Crippen LogP contribution in [-0.2, 0) is 16.6 Å². The van der Waals surface area contributed by atoms with Crippen LogP contribution in [0.4, 0.5) is 11.4 Å². The first-order chi connectivity index (χ1) is 10.5. The average molecular weight is 298 g/mol. The Balaban J connectivity index is 1.91. The lowest BCUT2D eigenvalue weighted by Gasteiger charge is -2.30. The van der Waals surface area contributed by atoms with Gasteiger partial charge in [0.25, 0.3) is 0 Å². The van der Waals surface area contributed by atoms with Crippen LogP contribution in [-0.4, -0.2) is 28.6 Å². The van der Waals surface area contributed by atoms with E-state index < -0.39 is 5.92 Å². The number of carbonyl (C=O) groups is 2. The number of rotatable bonds is 2. The molecule has 0 spiro atoms. The van der Waals surface area contributed by atoms with Crippen molar-refractivity contribution >= 4 is 23.2 Å². The predicted molar refractivity (Wildman–Crippen MR) is 83.8 cm³/mol. The van der Waals surface area contributed by atoms with Crippen LogP contribution in [0.5, 0.6) is 0 Å². The molecule has 0 bridgehead atoms. The van der Waals surface area contributed by atoms with Crippen molar-refractivity contribution in [2.45, 2.75) is 19.3 Å². The zero-order chi connectivity index (χ0) is 15.9. The summed E-state index contributed by atoms with van der Waals surface area (Å²) in [5, 5.41) is 7.00. The smallest absolute Gasteiger partial charge is 0.232 e. The number of aromatic nitrogens is 2. The average Bonchev–Trinajstić information content (AvgIpc) is 2.83. The van der Waals surface area contributed by atoms with E-state index in [0.29, 0.717) is 5.69 Å². The molecule has 6 heteroatoms. The van der Waals surface area contributed by atoms with E-state index in [9.17, 15) is 9.59 Å². The van der Waals surface area contributed by atoms with E-state index in [1.54, 1.807) is 22.8 Å². The first-order valence-electron chi connectivity index (χ1n) is 7.14. The number of benzene rings is 1. The first-order valence-corrected chi connectivity index (χ1v) is 7.14. The molecule has 22 heavy (non-hydrogen) atoms. The molecule has 2 amide bonds. The Kier molecular flexibility index (Phi) is 3.44. The van der Waals surface area contributed by atoms with Crippen molar-refractivity contribution in [3.05, 3.63) is 41.7 Å². The van der Waals surface area contributed by atoms with E-state index in [-0.39, 0.29) is 18.2 Å². The molecule has 1 atom stereocenters. The lowest BCUT2D eigenvalue weighted by atomic mass is 9.89. The Labute approximate surface area is 128 Å². The molecule has 1 N–H and O–H groups in total. The van der Waals surface area contributed by atoms with Crippen LogP contribution < -0.4 is 10.2 Å². The molecule has 114 valence electrons. The van der Waals surface area contributed by atoms with Crippen molar-refractivity contribution in [3.8, 4) is 0 Å². The van der Waals surface area contributed by atoms with E-state index in [0.717, 1.165) is 16.9 Å². The van der Waals surface area contributed by atoms with Crippen LogP contribution >= 0.6 is 0 Å². The van der Waals surface area contributed by atoms with Crippen LogP contribution in [0, 0.1) is 6.92 Å². The predicted octanol–water partition coefficient (Wildman–Crippen LogP) is 1.82. The maximum Gasteiger partial charge on any atom is 0.232 e. The van der Waals surface area contributed by atoms with Crippen LogP contribution in [0.1, 0.15) is 23.6 Å². The summed E-state index contributed by atoms with van der Waals surface area (Å²) in [5.74, 6) is -0.703. The Morgan fingerprint density at radius 2 is 2.05 bits per heavy atom. The molecule has 2 aromatic rings. The number of amides is 2. The van der Waals surface area contributed by atoms with Gasteiger partial charge in [-0.3, -0.25) is 14.3 Å². The Hall–Kier alpha value is -2.63. The lowest BCUT2D eigenvalue weighted by molar-refractivity contribution is -0.124. The normalized spacial score (nSPS) is 17.3. The lowest BCUT2D eigenvalue weighted by Crippen LogP contribution is -2.37. The van der Waals surface area contributed by atoms with E-state index in [2.05, 4.69) is 10.4 Å². The minimum Gasteiger partial charge on any atom is -0.323 e. The SMILES string of the molecule is Cc1c(NC(=O)C2CC(=O)N(C)c3ccccc32)cnn1C. The number of hydrogen-bond acceptors (Lipinski definition) is 3. The second-order valence-electron chi connectivity index (χ2n) is 5.52. The summed E-state index contributed by atoms with van der Waals surface area (Å²) < 4.78 is 1.70. The highest BCUT2D eigenvalue weighted by molar-refractivity contribution is 6.06. The fourth-order valence-electron chi connectivity index (χ4n) is 2.72. The number of nitrogens with zero attached hydrogens (tertiary/aromatic N) is 3. The summed E-state index contributed by atoms with van der Waals surface area (Å²) in [6, 6.07) is 7.52. The fraction of sp³-hybridized carbons (Fsp3) is 0.312. The highest BCUT2D eigenvalue weighted by Gasteiger charge is 2.33. The molecule has 1 unspecified atom stereocenters. The molecule has 0 saturated carbocycles. The number of fused-ring (bicyclic) bond motifs is 1. The fourth-order valence-corrected chi connectivity index (χ4v) is 2.72. The minimum atomic E-state index is -0.473. The first kappa shape index (κ1) is 14.3. The third kappa shape index (κ3) is 2.26. The van der Waals surface area contributed by atoms with Crippen molar-refractivity contribution < 1.29 is 9.59 Å². The summed E-state index contributed by atoms with van der Waals surface area (Å²) in [5.41, 5.74) is 3.22. The maximum absolute atomic E-state index is 12.6. The molecule has 1 aromatic carbocycles. The quantitative estimate of drug-likeness (QED) is 0.919. The molecule has 6 nitrogen and oxygen atoms in total. The van der Waals surface area contributed by atoms with Gasteiger partial charge in [0.15, 0.2) is 0 Å². The van der Waals surface area contributed by atoms with E-state index in [1.807, 2.05) is 38.2 Å². The van der Waals surface area contributed by atoms with Crippen molar-refractivity contribution in [3.63, 3.8) is 0 Å². The number of nitrogens with one attached hydrogen (secondary N) is 1. The Morgan fingerprint density at radius 1 is 1.32 bits per heavy atom. The molecule has 0 fully saturated rings. The van der Waals surface area contributed by atoms with Gasteiger partial charge < -0.3 is 10.2 Å². The third-order valence-electron chi connectivity index (χ3n) is 4.24. The van der Waals surface area contributed by atoms with Gasteiger partial charge in [-0.2, -0.15) is 5.10 Å². The highest BCUT2D eigenvalue weighted by Crippen LogP contribution is 2.35. The zero-order valence-corrected chi connectivity index (χ0v) is 12.8. The number of para-hydroxylation sites is 1. The topological polar surface area (TPSA) is 67.2 Å². The molecule has 1 aliphatic rings. The molecule has 0 saturated heterocycles. The summed E-state index contributed by atoms with van der Waals surface area (Å²) in [7, 11) is 3.56.